The minimum absolute atomic E-state index is 0.143. The van der Waals surface area contributed by atoms with E-state index in [2.05, 4.69) is 0 Å². The van der Waals surface area contributed by atoms with Crippen molar-refractivity contribution in [2.24, 2.45) is 22.7 Å². The smallest absolute Gasteiger partial charge is 0.341 e. The lowest BCUT2D eigenvalue weighted by Crippen LogP contribution is -2.57. The van der Waals surface area contributed by atoms with E-state index in [1.54, 1.807) is 6.08 Å². The number of epoxide rings is 1. The molecule has 6 nitrogen and oxygen atoms in total. The van der Waals surface area contributed by atoms with Crippen LogP contribution in [0.5, 0.6) is 0 Å². The summed E-state index contributed by atoms with van der Waals surface area (Å²) in [6.45, 7) is 4.42. The molecule has 0 aromatic rings. The van der Waals surface area contributed by atoms with Crippen molar-refractivity contribution in [2.45, 2.75) is 32.0 Å². The Labute approximate surface area is 128 Å². The lowest BCUT2D eigenvalue weighted by molar-refractivity contribution is -0.175. The first-order valence-electron chi connectivity index (χ1n) is 7.59. The van der Waals surface area contributed by atoms with Gasteiger partial charge in [-0.15, -0.1) is 0 Å². The number of cyclic esters (lactones) is 1. The standard InChI is InChI=1S/C16H20O6/c1-14(2)6-15-9(11(14)17)4-8(12(18)20-3)10(15)5-21-13(19)16(15)7-22-16/h4,9-11,17H,5-7H2,1-3H3/t9-,10+,11-,15+,16-/m1/s1. The van der Waals surface area contributed by atoms with Gasteiger partial charge in [0.15, 0.2) is 5.60 Å². The fourth-order valence-electron chi connectivity index (χ4n) is 5.11. The molecule has 0 amide bonds. The molecule has 2 aliphatic heterocycles. The molecule has 1 saturated carbocycles. The minimum atomic E-state index is -1.01. The van der Waals surface area contributed by atoms with Gasteiger partial charge in [-0.1, -0.05) is 19.9 Å². The fourth-order valence-corrected chi connectivity index (χ4v) is 5.11. The second-order valence-electron chi connectivity index (χ2n) is 7.56. The van der Waals surface area contributed by atoms with Crippen LogP contribution in [0.3, 0.4) is 0 Å². The zero-order chi connectivity index (χ0) is 15.9. The molecule has 0 bridgehead atoms. The molecule has 4 aliphatic rings. The van der Waals surface area contributed by atoms with Crippen LogP contribution in [0.4, 0.5) is 0 Å². The summed E-state index contributed by atoms with van der Waals surface area (Å²) in [4.78, 5) is 24.5. The summed E-state index contributed by atoms with van der Waals surface area (Å²) in [6.07, 6.45) is 1.77. The average Bonchev–Trinajstić information content (AvgIpc) is 3.17. The number of ether oxygens (including phenoxy) is 3. The van der Waals surface area contributed by atoms with E-state index in [0.717, 1.165) is 0 Å². The van der Waals surface area contributed by atoms with Crippen LogP contribution in [-0.2, 0) is 23.8 Å². The minimum Gasteiger partial charge on any atom is -0.466 e. The Morgan fingerprint density at radius 1 is 1.45 bits per heavy atom. The number of aliphatic hydroxyl groups is 1. The Morgan fingerprint density at radius 2 is 2.14 bits per heavy atom. The van der Waals surface area contributed by atoms with E-state index in [9.17, 15) is 14.7 Å². The van der Waals surface area contributed by atoms with Gasteiger partial charge in [0.1, 0.15) is 0 Å². The van der Waals surface area contributed by atoms with E-state index in [1.807, 2.05) is 13.8 Å². The maximum absolute atomic E-state index is 12.4. The maximum Gasteiger partial charge on any atom is 0.341 e. The van der Waals surface area contributed by atoms with Crippen molar-refractivity contribution in [1.29, 1.82) is 0 Å². The molecule has 0 radical (unpaired) electrons. The van der Waals surface area contributed by atoms with Gasteiger partial charge in [0, 0.05) is 22.8 Å². The Bertz CT molecular complexity index is 602. The third-order valence-corrected chi connectivity index (χ3v) is 6.16. The van der Waals surface area contributed by atoms with Crippen molar-refractivity contribution in [1.82, 2.24) is 0 Å². The third-order valence-electron chi connectivity index (χ3n) is 6.16. The third kappa shape index (κ3) is 1.34. The van der Waals surface area contributed by atoms with Crippen LogP contribution in [0.1, 0.15) is 20.3 Å². The summed E-state index contributed by atoms with van der Waals surface area (Å²) < 4.78 is 15.8. The molecule has 120 valence electrons. The molecule has 2 heterocycles. The van der Waals surface area contributed by atoms with Crippen molar-refractivity contribution < 1.29 is 28.9 Å². The van der Waals surface area contributed by atoms with Gasteiger partial charge in [-0.2, -0.15) is 0 Å². The second kappa shape index (κ2) is 3.92. The topological polar surface area (TPSA) is 85.4 Å². The van der Waals surface area contributed by atoms with Gasteiger partial charge in [-0.25, -0.2) is 9.59 Å². The molecule has 1 N–H and O–H groups in total. The zero-order valence-corrected chi connectivity index (χ0v) is 12.9. The molecule has 0 unspecified atom stereocenters. The van der Waals surface area contributed by atoms with Crippen LogP contribution < -0.4 is 0 Å². The Kier molecular flexibility index (Phi) is 2.53. The first-order chi connectivity index (χ1) is 10.3. The van der Waals surface area contributed by atoms with Crippen molar-refractivity contribution in [3.63, 3.8) is 0 Å². The fraction of sp³-hybridized carbons (Fsp3) is 0.750. The molecule has 22 heavy (non-hydrogen) atoms. The first kappa shape index (κ1) is 14.2. The molecule has 5 atom stereocenters. The monoisotopic (exact) mass is 308 g/mol. The number of hydrogen-bond donors (Lipinski definition) is 1. The van der Waals surface area contributed by atoms with Crippen molar-refractivity contribution in [3.05, 3.63) is 11.6 Å². The number of carbonyl (C=O) groups is 2. The molecule has 0 aromatic heterocycles. The average molecular weight is 308 g/mol. The highest BCUT2D eigenvalue weighted by Crippen LogP contribution is 2.71. The molecular formula is C16H20O6. The van der Waals surface area contributed by atoms with Gasteiger partial charge >= 0.3 is 11.9 Å². The summed E-state index contributed by atoms with van der Waals surface area (Å²) in [5, 5.41) is 10.8. The molecular weight excluding hydrogens is 288 g/mol. The lowest BCUT2D eigenvalue weighted by atomic mass is 9.61. The number of aliphatic hydroxyl groups excluding tert-OH is 1. The number of carbonyl (C=O) groups excluding carboxylic acids is 2. The molecule has 2 saturated heterocycles. The van der Waals surface area contributed by atoms with Gasteiger partial charge in [-0.05, 0) is 11.8 Å². The van der Waals surface area contributed by atoms with Gasteiger partial charge in [-0.3, -0.25) is 0 Å². The van der Waals surface area contributed by atoms with E-state index in [4.69, 9.17) is 14.2 Å². The van der Waals surface area contributed by atoms with E-state index in [1.165, 1.54) is 7.11 Å². The largest absolute Gasteiger partial charge is 0.466 e. The predicted octanol–water partition coefficient (Wildman–Crippen LogP) is 0.435. The van der Waals surface area contributed by atoms with Crippen LogP contribution in [0.2, 0.25) is 0 Å². The van der Waals surface area contributed by atoms with Crippen LogP contribution in [0.15, 0.2) is 11.6 Å². The van der Waals surface area contributed by atoms with Crippen LogP contribution in [0, 0.1) is 22.7 Å². The summed E-state index contributed by atoms with van der Waals surface area (Å²) in [6, 6.07) is 0. The highest BCUT2D eigenvalue weighted by molar-refractivity contribution is 5.93. The van der Waals surface area contributed by atoms with E-state index < -0.39 is 23.1 Å². The lowest BCUT2D eigenvalue weighted by Gasteiger charge is -2.44. The van der Waals surface area contributed by atoms with Crippen LogP contribution >= 0.6 is 0 Å². The normalized spacial score (nSPS) is 47.5. The number of esters is 2. The van der Waals surface area contributed by atoms with Crippen LogP contribution in [-0.4, -0.2) is 49.1 Å². The molecule has 3 fully saturated rings. The molecule has 0 aromatic carbocycles. The van der Waals surface area contributed by atoms with Gasteiger partial charge in [0.25, 0.3) is 0 Å². The van der Waals surface area contributed by atoms with Crippen molar-refractivity contribution >= 4 is 11.9 Å². The Balaban J connectivity index is 1.88. The SMILES string of the molecule is COC(=O)C1=C[C@@H]2[C@@H](O)C(C)(C)C[C@@]23[C@H]1COC(=O)[C@]31CO1. The summed E-state index contributed by atoms with van der Waals surface area (Å²) in [5.74, 6) is -1.35. The first-order valence-corrected chi connectivity index (χ1v) is 7.59. The number of hydrogen-bond acceptors (Lipinski definition) is 6. The van der Waals surface area contributed by atoms with Crippen LogP contribution in [0.25, 0.3) is 0 Å². The highest BCUT2D eigenvalue weighted by atomic mass is 16.6. The van der Waals surface area contributed by atoms with Crippen molar-refractivity contribution in [3.8, 4) is 0 Å². The van der Waals surface area contributed by atoms with E-state index in [0.29, 0.717) is 18.6 Å². The van der Waals surface area contributed by atoms with E-state index >= 15 is 0 Å². The van der Waals surface area contributed by atoms with Crippen molar-refractivity contribution in [2.75, 3.05) is 20.3 Å². The highest BCUT2D eigenvalue weighted by Gasteiger charge is 2.81. The quantitative estimate of drug-likeness (QED) is 0.559. The van der Waals surface area contributed by atoms with E-state index in [-0.39, 0.29) is 29.8 Å². The number of rotatable bonds is 1. The maximum atomic E-state index is 12.4. The molecule has 2 spiro atoms. The number of methoxy groups -OCH3 is 1. The molecule has 4 rings (SSSR count). The molecule has 2 aliphatic carbocycles. The summed E-state index contributed by atoms with van der Waals surface area (Å²) in [7, 11) is 1.34. The summed E-state index contributed by atoms with van der Waals surface area (Å²) >= 11 is 0. The summed E-state index contributed by atoms with van der Waals surface area (Å²) in [5.41, 5.74) is -1.46. The van der Waals surface area contributed by atoms with Gasteiger partial charge < -0.3 is 19.3 Å². The Morgan fingerprint density at radius 3 is 2.73 bits per heavy atom. The van der Waals surface area contributed by atoms with Gasteiger partial charge in [0.2, 0.25) is 0 Å². The zero-order valence-electron chi connectivity index (χ0n) is 12.9. The predicted molar refractivity (Wildman–Crippen MR) is 73.6 cm³/mol. The second-order valence-corrected chi connectivity index (χ2v) is 7.56. The Hall–Kier alpha value is -1.40. The van der Waals surface area contributed by atoms with Gasteiger partial charge in [0.05, 0.1) is 26.4 Å². The molecule has 6 heteroatoms.